The molecule has 0 spiro atoms. The van der Waals surface area contributed by atoms with Crippen molar-refractivity contribution in [1.82, 2.24) is 10.7 Å². The molecule has 0 saturated carbocycles. The molecule has 0 bridgehead atoms. The zero-order valence-electron chi connectivity index (χ0n) is 14.3. The lowest BCUT2D eigenvalue weighted by molar-refractivity contribution is -0.120. The van der Waals surface area contributed by atoms with Crippen LogP contribution in [0.25, 0.3) is 0 Å². The van der Waals surface area contributed by atoms with Gasteiger partial charge in [0.25, 0.3) is 11.8 Å². The average Bonchev–Trinajstić information content (AvgIpc) is 2.67. The van der Waals surface area contributed by atoms with Crippen LogP contribution in [0.4, 0.5) is 0 Å². The van der Waals surface area contributed by atoms with Crippen LogP contribution in [0.15, 0.2) is 47.6 Å². The number of nitrogens with zero attached hydrogens (tertiary/aromatic N) is 1. The Hall–Kier alpha value is -3.06. The Kier molecular flexibility index (Phi) is 6.99. The second-order valence-electron chi connectivity index (χ2n) is 5.07. The highest BCUT2D eigenvalue weighted by atomic mass is 35.5. The van der Waals surface area contributed by atoms with E-state index in [1.165, 1.54) is 26.5 Å². The first-order valence-corrected chi connectivity index (χ1v) is 7.99. The third-order valence-corrected chi connectivity index (χ3v) is 3.70. The molecule has 0 atom stereocenters. The highest BCUT2D eigenvalue weighted by Crippen LogP contribution is 2.27. The zero-order valence-corrected chi connectivity index (χ0v) is 15.0. The minimum Gasteiger partial charge on any atom is -0.493 e. The van der Waals surface area contributed by atoms with Gasteiger partial charge in [0, 0.05) is 16.1 Å². The quantitative estimate of drug-likeness (QED) is 0.573. The lowest BCUT2D eigenvalue weighted by Crippen LogP contribution is -2.34. The first-order chi connectivity index (χ1) is 12.5. The second kappa shape index (κ2) is 9.43. The van der Waals surface area contributed by atoms with Crippen molar-refractivity contribution < 1.29 is 19.1 Å². The predicted octanol–water partition coefficient (Wildman–Crippen LogP) is 2.24. The molecule has 0 heterocycles. The van der Waals surface area contributed by atoms with E-state index in [1.54, 1.807) is 36.4 Å². The van der Waals surface area contributed by atoms with Gasteiger partial charge < -0.3 is 14.8 Å². The number of rotatable bonds is 7. The molecular weight excluding hydrogens is 358 g/mol. The molecule has 136 valence electrons. The molecule has 8 heteroatoms. The van der Waals surface area contributed by atoms with E-state index in [9.17, 15) is 9.59 Å². The number of halogens is 1. The van der Waals surface area contributed by atoms with Crippen molar-refractivity contribution in [3.63, 3.8) is 0 Å². The van der Waals surface area contributed by atoms with Crippen LogP contribution >= 0.6 is 11.6 Å². The van der Waals surface area contributed by atoms with Crippen molar-refractivity contribution in [2.75, 3.05) is 20.8 Å². The van der Waals surface area contributed by atoms with Gasteiger partial charge in [0.2, 0.25) is 0 Å². The fraction of sp³-hybridized carbons (Fsp3) is 0.167. The number of nitrogens with one attached hydrogen (secondary N) is 2. The Morgan fingerprint density at radius 1 is 1.12 bits per heavy atom. The maximum Gasteiger partial charge on any atom is 0.259 e. The topological polar surface area (TPSA) is 89.0 Å². The van der Waals surface area contributed by atoms with E-state index in [2.05, 4.69) is 15.8 Å². The molecular formula is C18H18ClN3O4. The average molecular weight is 376 g/mol. The SMILES string of the molecule is COc1ccc(C(=O)NCC(=O)NN=Cc2ccccc2Cl)cc1OC. The Labute approximate surface area is 155 Å². The van der Waals surface area contributed by atoms with E-state index in [4.69, 9.17) is 21.1 Å². The lowest BCUT2D eigenvalue weighted by Gasteiger charge is -2.09. The molecule has 2 rings (SSSR count). The Bertz CT molecular complexity index is 824. The van der Waals surface area contributed by atoms with Gasteiger partial charge in [0.05, 0.1) is 27.0 Å². The predicted molar refractivity (Wildman–Crippen MR) is 99.1 cm³/mol. The standard InChI is InChI=1S/C18H18ClN3O4/c1-25-15-8-7-12(9-16(15)26-2)18(24)20-11-17(23)22-21-10-13-5-3-4-6-14(13)19/h3-10H,11H2,1-2H3,(H,20,24)(H,22,23). The van der Waals surface area contributed by atoms with Crippen LogP contribution < -0.4 is 20.2 Å². The monoisotopic (exact) mass is 375 g/mol. The van der Waals surface area contributed by atoms with E-state index in [1.807, 2.05) is 0 Å². The van der Waals surface area contributed by atoms with E-state index in [0.29, 0.717) is 27.6 Å². The van der Waals surface area contributed by atoms with Crippen molar-refractivity contribution in [3.8, 4) is 11.5 Å². The summed E-state index contributed by atoms with van der Waals surface area (Å²) in [7, 11) is 2.98. The molecule has 26 heavy (non-hydrogen) atoms. The van der Waals surface area contributed by atoms with Crippen LogP contribution in [-0.4, -0.2) is 38.8 Å². The summed E-state index contributed by atoms with van der Waals surface area (Å²) < 4.78 is 10.3. The number of benzene rings is 2. The molecule has 2 N–H and O–H groups in total. The molecule has 2 amide bonds. The van der Waals surface area contributed by atoms with Crippen LogP contribution in [0.3, 0.4) is 0 Å². The molecule has 2 aromatic rings. The summed E-state index contributed by atoms with van der Waals surface area (Å²) in [6.45, 7) is -0.229. The Balaban J connectivity index is 1.87. The van der Waals surface area contributed by atoms with E-state index < -0.39 is 11.8 Å². The van der Waals surface area contributed by atoms with Crippen molar-refractivity contribution in [2.24, 2.45) is 5.10 Å². The number of hydrazone groups is 1. The zero-order chi connectivity index (χ0) is 18.9. The van der Waals surface area contributed by atoms with Crippen LogP contribution in [0.1, 0.15) is 15.9 Å². The van der Waals surface area contributed by atoms with Crippen molar-refractivity contribution >= 4 is 29.6 Å². The summed E-state index contributed by atoms with van der Waals surface area (Å²) in [6.07, 6.45) is 1.43. The summed E-state index contributed by atoms with van der Waals surface area (Å²) >= 11 is 5.98. The van der Waals surface area contributed by atoms with Gasteiger partial charge in [-0.15, -0.1) is 0 Å². The molecule has 0 aliphatic rings. The number of carbonyl (C=O) groups excluding carboxylic acids is 2. The normalized spacial score (nSPS) is 10.4. The van der Waals surface area contributed by atoms with E-state index >= 15 is 0 Å². The number of carbonyl (C=O) groups is 2. The van der Waals surface area contributed by atoms with Crippen molar-refractivity contribution in [2.45, 2.75) is 0 Å². The van der Waals surface area contributed by atoms with Gasteiger partial charge in [0.15, 0.2) is 11.5 Å². The van der Waals surface area contributed by atoms with Crippen molar-refractivity contribution in [1.29, 1.82) is 0 Å². The highest BCUT2D eigenvalue weighted by molar-refractivity contribution is 6.33. The van der Waals surface area contributed by atoms with Gasteiger partial charge in [-0.1, -0.05) is 29.8 Å². The second-order valence-corrected chi connectivity index (χ2v) is 5.47. The van der Waals surface area contributed by atoms with Gasteiger partial charge in [-0.3, -0.25) is 9.59 Å². The molecule has 0 aliphatic carbocycles. The summed E-state index contributed by atoms with van der Waals surface area (Å²) in [4.78, 5) is 23.9. The highest BCUT2D eigenvalue weighted by Gasteiger charge is 2.11. The summed E-state index contributed by atoms with van der Waals surface area (Å²) in [5.74, 6) is 0.0444. The summed E-state index contributed by atoms with van der Waals surface area (Å²) in [6, 6.07) is 11.8. The molecule has 0 unspecified atom stereocenters. The molecule has 0 fully saturated rings. The lowest BCUT2D eigenvalue weighted by atomic mass is 10.2. The summed E-state index contributed by atoms with van der Waals surface area (Å²) in [5.41, 5.74) is 3.33. The van der Waals surface area contributed by atoms with Crippen LogP contribution in [0.2, 0.25) is 5.02 Å². The minimum atomic E-state index is -0.470. The third-order valence-electron chi connectivity index (χ3n) is 3.35. The smallest absolute Gasteiger partial charge is 0.259 e. The maximum atomic E-state index is 12.1. The maximum absolute atomic E-state index is 12.1. The fourth-order valence-corrected chi connectivity index (χ4v) is 2.22. The van der Waals surface area contributed by atoms with Gasteiger partial charge in [-0.05, 0) is 24.3 Å². The summed E-state index contributed by atoms with van der Waals surface area (Å²) in [5, 5.41) is 6.83. The molecule has 7 nitrogen and oxygen atoms in total. The number of amides is 2. The van der Waals surface area contributed by atoms with E-state index in [0.717, 1.165) is 0 Å². The van der Waals surface area contributed by atoms with Crippen LogP contribution in [0.5, 0.6) is 11.5 Å². The number of ether oxygens (including phenoxy) is 2. The minimum absolute atomic E-state index is 0.229. The number of hydrogen-bond donors (Lipinski definition) is 2. The Morgan fingerprint density at radius 3 is 2.54 bits per heavy atom. The fourth-order valence-electron chi connectivity index (χ4n) is 2.03. The first-order valence-electron chi connectivity index (χ1n) is 7.61. The molecule has 2 aromatic carbocycles. The van der Waals surface area contributed by atoms with Gasteiger partial charge in [-0.2, -0.15) is 5.10 Å². The van der Waals surface area contributed by atoms with Crippen molar-refractivity contribution in [3.05, 3.63) is 58.6 Å². The van der Waals surface area contributed by atoms with Gasteiger partial charge in [0.1, 0.15) is 0 Å². The largest absolute Gasteiger partial charge is 0.493 e. The third kappa shape index (κ3) is 5.22. The molecule has 0 aliphatic heterocycles. The first kappa shape index (κ1) is 19.3. The van der Waals surface area contributed by atoms with Gasteiger partial charge >= 0.3 is 0 Å². The molecule has 0 aromatic heterocycles. The van der Waals surface area contributed by atoms with E-state index in [-0.39, 0.29) is 6.54 Å². The Morgan fingerprint density at radius 2 is 1.85 bits per heavy atom. The number of hydrogen-bond acceptors (Lipinski definition) is 5. The van der Waals surface area contributed by atoms with Gasteiger partial charge in [-0.25, -0.2) is 5.43 Å². The van der Waals surface area contributed by atoms with Crippen LogP contribution in [0, 0.1) is 0 Å². The molecule has 0 radical (unpaired) electrons. The molecule has 0 saturated heterocycles. The van der Waals surface area contributed by atoms with Crippen LogP contribution in [-0.2, 0) is 4.79 Å². The number of methoxy groups -OCH3 is 2.